The molecule has 35 heavy (non-hydrogen) atoms. The third kappa shape index (κ3) is 5.25. The SMILES string of the molecule is N=CC(Cl)c1ncccc1Oc1ccc(NC(=O)c2cccn(-c3ccc(F)cc3)c2=O)cc1F. The van der Waals surface area contributed by atoms with Gasteiger partial charge in [-0.2, -0.15) is 0 Å². The molecule has 0 aliphatic heterocycles. The van der Waals surface area contributed by atoms with E-state index >= 15 is 0 Å². The fourth-order valence-corrected chi connectivity index (χ4v) is 3.39. The number of carbonyl (C=O) groups excluding carboxylic acids is 1. The predicted octanol–water partition coefficient (Wildman–Crippen LogP) is 5.48. The fourth-order valence-electron chi connectivity index (χ4n) is 3.23. The summed E-state index contributed by atoms with van der Waals surface area (Å²) in [6, 6.07) is 14.9. The summed E-state index contributed by atoms with van der Waals surface area (Å²) < 4.78 is 34.7. The average molecular weight is 495 g/mol. The maximum Gasteiger partial charge on any atom is 0.267 e. The first kappa shape index (κ1) is 23.8. The van der Waals surface area contributed by atoms with Crippen molar-refractivity contribution in [1.82, 2.24) is 9.55 Å². The normalized spacial score (nSPS) is 11.5. The molecule has 0 saturated carbocycles. The maximum absolute atomic E-state index is 14.7. The van der Waals surface area contributed by atoms with E-state index in [1.165, 1.54) is 71.6 Å². The highest BCUT2D eigenvalue weighted by Gasteiger charge is 2.17. The zero-order valence-electron chi connectivity index (χ0n) is 17.9. The van der Waals surface area contributed by atoms with Gasteiger partial charge >= 0.3 is 0 Å². The van der Waals surface area contributed by atoms with Crippen molar-refractivity contribution < 1.29 is 18.3 Å². The Balaban J connectivity index is 1.55. The number of rotatable bonds is 7. The zero-order valence-corrected chi connectivity index (χ0v) is 18.7. The summed E-state index contributed by atoms with van der Waals surface area (Å²) >= 11 is 6.04. The van der Waals surface area contributed by atoms with Gasteiger partial charge in [0.15, 0.2) is 17.3 Å². The summed E-state index contributed by atoms with van der Waals surface area (Å²) in [4.78, 5) is 29.6. The van der Waals surface area contributed by atoms with E-state index in [1.54, 1.807) is 6.07 Å². The standard InChI is InChI=1S/C25H17ClF2N4O3/c26-19(14-29)23-22(4-1-11-30-23)35-21-10-7-16(13-20(21)28)31-24(33)18-3-2-12-32(25(18)34)17-8-5-15(27)6-9-17/h1-14,19,29H,(H,31,33). The number of amides is 1. The van der Waals surface area contributed by atoms with Crippen LogP contribution in [-0.4, -0.2) is 21.7 Å². The Hall–Kier alpha value is -4.37. The fraction of sp³-hybridized carbons (Fsp3) is 0.0400. The molecule has 176 valence electrons. The number of ether oxygens (including phenoxy) is 1. The van der Waals surface area contributed by atoms with Crippen LogP contribution in [0.4, 0.5) is 14.5 Å². The molecule has 10 heteroatoms. The first-order valence-electron chi connectivity index (χ1n) is 10.2. The molecule has 2 aromatic carbocycles. The van der Waals surface area contributed by atoms with Crippen molar-refractivity contribution in [2.24, 2.45) is 0 Å². The number of halogens is 3. The number of pyridine rings is 2. The van der Waals surface area contributed by atoms with Crippen molar-refractivity contribution >= 4 is 29.4 Å². The topological polar surface area (TPSA) is 97.1 Å². The minimum absolute atomic E-state index is 0.0950. The summed E-state index contributed by atoms with van der Waals surface area (Å²) in [6.07, 6.45) is 3.90. The summed E-state index contributed by atoms with van der Waals surface area (Å²) in [5, 5.41) is 8.95. The summed E-state index contributed by atoms with van der Waals surface area (Å²) in [5.41, 5.74) is -0.0732. The number of benzene rings is 2. The van der Waals surface area contributed by atoms with Crippen LogP contribution < -0.4 is 15.6 Å². The predicted molar refractivity (Wildman–Crippen MR) is 128 cm³/mol. The first-order chi connectivity index (χ1) is 16.9. The monoisotopic (exact) mass is 494 g/mol. The second-order valence-corrected chi connectivity index (χ2v) is 7.70. The summed E-state index contributed by atoms with van der Waals surface area (Å²) in [6.45, 7) is 0. The zero-order chi connectivity index (χ0) is 24.9. The molecule has 4 rings (SSSR count). The molecule has 0 fully saturated rings. The Morgan fingerprint density at radius 3 is 2.57 bits per heavy atom. The Kier molecular flexibility index (Phi) is 6.98. The van der Waals surface area contributed by atoms with Crippen molar-refractivity contribution in [2.75, 3.05) is 5.32 Å². The van der Waals surface area contributed by atoms with E-state index in [4.69, 9.17) is 21.7 Å². The largest absolute Gasteiger partial charge is 0.452 e. The van der Waals surface area contributed by atoms with Crippen LogP contribution in [0.2, 0.25) is 0 Å². The summed E-state index contributed by atoms with van der Waals surface area (Å²) in [5.74, 6) is -1.95. The molecule has 1 amide bonds. The second-order valence-electron chi connectivity index (χ2n) is 7.23. The molecule has 0 radical (unpaired) electrons. The van der Waals surface area contributed by atoms with Crippen LogP contribution >= 0.6 is 11.6 Å². The van der Waals surface area contributed by atoms with Crippen molar-refractivity contribution in [3.63, 3.8) is 0 Å². The maximum atomic E-state index is 14.7. The number of hydrogen-bond donors (Lipinski definition) is 2. The molecule has 2 N–H and O–H groups in total. The molecule has 1 atom stereocenters. The van der Waals surface area contributed by atoms with Crippen LogP contribution in [0.25, 0.3) is 5.69 Å². The lowest BCUT2D eigenvalue weighted by atomic mass is 10.2. The lowest BCUT2D eigenvalue weighted by Crippen LogP contribution is -2.27. The van der Waals surface area contributed by atoms with E-state index < -0.39 is 28.5 Å². The van der Waals surface area contributed by atoms with Crippen LogP contribution in [0, 0.1) is 17.0 Å². The van der Waals surface area contributed by atoms with Gasteiger partial charge in [-0.3, -0.25) is 19.1 Å². The number of nitrogens with zero attached hydrogens (tertiary/aromatic N) is 2. The van der Waals surface area contributed by atoms with Crippen LogP contribution in [0.5, 0.6) is 11.5 Å². The van der Waals surface area contributed by atoms with E-state index in [0.29, 0.717) is 5.69 Å². The number of nitrogens with one attached hydrogen (secondary N) is 2. The highest BCUT2D eigenvalue weighted by Crippen LogP contribution is 2.32. The number of aromatic nitrogens is 2. The van der Waals surface area contributed by atoms with E-state index in [-0.39, 0.29) is 28.4 Å². The molecule has 0 aliphatic rings. The lowest BCUT2D eigenvalue weighted by molar-refractivity contribution is 0.102. The number of carbonyl (C=O) groups is 1. The molecule has 7 nitrogen and oxygen atoms in total. The molecule has 2 heterocycles. The van der Waals surface area contributed by atoms with Gasteiger partial charge in [0.05, 0.1) is 0 Å². The highest BCUT2D eigenvalue weighted by atomic mass is 35.5. The van der Waals surface area contributed by atoms with Gasteiger partial charge in [-0.15, -0.1) is 11.6 Å². The highest BCUT2D eigenvalue weighted by molar-refractivity contribution is 6.27. The average Bonchev–Trinajstić information content (AvgIpc) is 2.86. The lowest BCUT2D eigenvalue weighted by Gasteiger charge is -2.13. The summed E-state index contributed by atoms with van der Waals surface area (Å²) in [7, 11) is 0. The van der Waals surface area contributed by atoms with E-state index in [1.807, 2.05) is 0 Å². The quantitative estimate of drug-likeness (QED) is 0.262. The third-order valence-corrected chi connectivity index (χ3v) is 5.25. The first-order valence-corrected chi connectivity index (χ1v) is 10.7. The van der Waals surface area contributed by atoms with Gasteiger partial charge in [0.1, 0.15) is 22.5 Å². The second kappa shape index (κ2) is 10.3. The van der Waals surface area contributed by atoms with E-state index in [0.717, 1.165) is 12.3 Å². The van der Waals surface area contributed by atoms with Crippen molar-refractivity contribution in [3.05, 3.63) is 112 Å². The van der Waals surface area contributed by atoms with Crippen molar-refractivity contribution in [1.29, 1.82) is 5.41 Å². The smallest absolute Gasteiger partial charge is 0.267 e. The van der Waals surface area contributed by atoms with Gasteiger partial charge in [-0.1, -0.05) is 0 Å². The molecule has 0 aliphatic carbocycles. The van der Waals surface area contributed by atoms with Gasteiger partial charge in [0, 0.05) is 36.0 Å². The van der Waals surface area contributed by atoms with Crippen LogP contribution in [0.3, 0.4) is 0 Å². The van der Waals surface area contributed by atoms with Crippen molar-refractivity contribution in [2.45, 2.75) is 5.38 Å². The minimum Gasteiger partial charge on any atom is -0.452 e. The Bertz CT molecular complexity index is 1460. The minimum atomic E-state index is -0.849. The van der Waals surface area contributed by atoms with Crippen molar-refractivity contribution in [3.8, 4) is 17.2 Å². The molecule has 0 bridgehead atoms. The van der Waals surface area contributed by atoms with Gasteiger partial charge < -0.3 is 15.5 Å². The Labute approximate surface area is 203 Å². The van der Waals surface area contributed by atoms with Gasteiger partial charge in [-0.25, -0.2) is 8.78 Å². The van der Waals surface area contributed by atoms with Gasteiger partial charge in [-0.05, 0) is 60.7 Å². The molecular weight excluding hydrogens is 478 g/mol. The van der Waals surface area contributed by atoms with Crippen LogP contribution in [-0.2, 0) is 0 Å². The number of anilines is 1. The van der Waals surface area contributed by atoms with E-state index in [9.17, 15) is 18.4 Å². The number of hydrogen-bond acceptors (Lipinski definition) is 5. The molecule has 0 spiro atoms. The Morgan fingerprint density at radius 1 is 1.09 bits per heavy atom. The molecule has 4 aromatic rings. The Morgan fingerprint density at radius 2 is 1.86 bits per heavy atom. The van der Waals surface area contributed by atoms with Gasteiger partial charge in [0.2, 0.25) is 0 Å². The number of alkyl halides is 1. The van der Waals surface area contributed by atoms with E-state index in [2.05, 4.69) is 10.3 Å². The van der Waals surface area contributed by atoms with Gasteiger partial charge in [0.25, 0.3) is 11.5 Å². The van der Waals surface area contributed by atoms with Crippen LogP contribution in [0.15, 0.2) is 83.9 Å². The molecule has 0 saturated heterocycles. The molecule has 1 unspecified atom stereocenters. The molecular formula is C25H17ClF2N4O3. The third-order valence-electron chi connectivity index (χ3n) is 4.91. The molecule has 2 aromatic heterocycles. The van der Waals surface area contributed by atoms with Crippen LogP contribution in [0.1, 0.15) is 21.4 Å².